The third-order valence-electron chi connectivity index (χ3n) is 6.06. The van der Waals surface area contributed by atoms with E-state index in [9.17, 15) is 0 Å². The lowest BCUT2D eigenvalue weighted by molar-refractivity contribution is -0.690. The van der Waals surface area contributed by atoms with Gasteiger partial charge in [0.05, 0.1) is 11.1 Å². The molecule has 4 bridgehead atoms. The summed E-state index contributed by atoms with van der Waals surface area (Å²) in [5.41, 5.74) is 7.53. The van der Waals surface area contributed by atoms with Crippen LogP contribution < -0.4 is 0 Å². The molecule has 0 aromatic heterocycles. The maximum Gasteiger partial charge on any atom is 0.470 e. The first-order valence-electron chi connectivity index (χ1n) is 10.4. The molecule has 4 heteroatoms. The van der Waals surface area contributed by atoms with Gasteiger partial charge in [-0.3, -0.25) is 0 Å². The Kier molecular flexibility index (Phi) is 3.66. The van der Waals surface area contributed by atoms with Crippen LogP contribution in [0.3, 0.4) is 0 Å². The molecule has 3 heterocycles. The van der Waals surface area contributed by atoms with E-state index >= 15 is 0 Å². The molecule has 2 nitrogen and oxygen atoms in total. The topological polar surface area (TPSA) is 6.02 Å². The Bertz CT molecular complexity index is 1420. The van der Waals surface area contributed by atoms with E-state index in [2.05, 4.69) is 119 Å². The lowest BCUT2D eigenvalue weighted by Gasteiger charge is -2.33. The second kappa shape index (κ2) is 6.46. The quantitative estimate of drug-likeness (QED) is 0.323. The Morgan fingerprint density at radius 2 is 1.26 bits per heavy atom. The Hall–Kier alpha value is -3.08. The maximum absolute atomic E-state index is 2.44. The van der Waals surface area contributed by atoms with Gasteiger partial charge < -0.3 is 0 Å². The number of benzene rings is 4. The largest absolute Gasteiger partial charge is 0.470 e. The molecule has 3 aliphatic rings. The highest BCUT2D eigenvalue weighted by atomic mass is 32.2. The monoisotopic (exact) mass is 434 g/mol. The normalized spacial score (nSPS) is 19.9. The van der Waals surface area contributed by atoms with Crippen LogP contribution in [0.4, 0.5) is 11.4 Å². The highest BCUT2D eigenvalue weighted by Crippen LogP contribution is 2.58. The molecule has 1 unspecified atom stereocenters. The summed E-state index contributed by atoms with van der Waals surface area (Å²) < 4.78 is 4.50. The van der Waals surface area contributed by atoms with E-state index < -0.39 is 4.33 Å². The Balaban J connectivity index is 1.63. The fourth-order valence-electron chi connectivity index (χ4n) is 4.60. The fourth-order valence-corrected chi connectivity index (χ4v) is 7.82. The van der Waals surface area contributed by atoms with Crippen molar-refractivity contribution in [1.82, 2.24) is 0 Å². The van der Waals surface area contributed by atoms with Crippen molar-refractivity contribution in [2.45, 2.75) is 14.1 Å². The van der Waals surface area contributed by atoms with Crippen LogP contribution in [0.25, 0.3) is 11.1 Å². The third kappa shape index (κ3) is 2.49. The summed E-state index contributed by atoms with van der Waals surface area (Å²) in [6, 6.07) is 35.0. The molecule has 0 radical (unpaired) electrons. The first-order valence-corrected chi connectivity index (χ1v) is 12.0. The third-order valence-corrected chi connectivity index (χ3v) is 9.11. The maximum atomic E-state index is 2.44. The lowest BCUT2D eigenvalue weighted by atomic mass is 10.0. The van der Waals surface area contributed by atoms with E-state index in [0.29, 0.717) is 0 Å². The zero-order valence-electron chi connectivity index (χ0n) is 16.6. The van der Waals surface area contributed by atoms with Gasteiger partial charge in [0.1, 0.15) is 0 Å². The molecular formula is C27H18N2S2+2. The van der Waals surface area contributed by atoms with Crippen LogP contribution in [0.15, 0.2) is 107 Å². The van der Waals surface area contributed by atoms with Gasteiger partial charge in [-0.1, -0.05) is 54.6 Å². The average molecular weight is 435 g/mol. The lowest BCUT2D eigenvalue weighted by Crippen LogP contribution is -2.47. The summed E-state index contributed by atoms with van der Waals surface area (Å²) in [5, 5.41) is 0. The molecule has 1 spiro atoms. The fraction of sp³-hybridized carbons (Fsp3) is 0.0370. The number of fused-ring (bicyclic) bond motifs is 2. The van der Waals surface area contributed by atoms with Crippen molar-refractivity contribution < 1.29 is 9.15 Å². The molecule has 0 saturated heterocycles. The van der Waals surface area contributed by atoms with Gasteiger partial charge in [-0.15, -0.1) is 9.15 Å². The average Bonchev–Trinajstić information content (AvgIpc) is 2.83. The van der Waals surface area contributed by atoms with Gasteiger partial charge in [0, 0.05) is 57.6 Å². The number of rotatable bonds is 2. The van der Waals surface area contributed by atoms with Crippen molar-refractivity contribution in [1.29, 1.82) is 0 Å². The first-order chi connectivity index (χ1) is 15.3. The highest BCUT2D eigenvalue weighted by molar-refractivity contribution is 8.17. The minimum absolute atomic E-state index is 0.391. The summed E-state index contributed by atoms with van der Waals surface area (Å²) in [7, 11) is 0. The zero-order chi connectivity index (χ0) is 20.4. The van der Waals surface area contributed by atoms with E-state index in [1.165, 1.54) is 43.4 Å². The van der Waals surface area contributed by atoms with Crippen LogP contribution in [0.5, 0.6) is 0 Å². The summed E-state index contributed by atoms with van der Waals surface area (Å²) in [5.74, 6) is 0. The molecule has 0 saturated carbocycles. The summed E-state index contributed by atoms with van der Waals surface area (Å²) in [6.07, 6.45) is 4.65. The van der Waals surface area contributed by atoms with Gasteiger partial charge in [-0.25, -0.2) is 0 Å². The van der Waals surface area contributed by atoms with Crippen LogP contribution in [0.2, 0.25) is 0 Å². The molecule has 0 amide bonds. The highest BCUT2D eigenvalue weighted by Gasteiger charge is 2.61. The molecule has 31 heavy (non-hydrogen) atoms. The molecule has 0 N–H and O–H groups in total. The van der Waals surface area contributed by atoms with Crippen molar-refractivity contribution in [3.63, 3.8) is 0 Å². The molecule has 146 valence electrons. The summed E-state index contributed by atoms with van der Waals surface area (Å²) in [6.45, 7) is 0. The van der Waals surface area contributed by atoms with Gasteiger partial charge in [-0.2, -0.15) is 0 Å². The van der Waals surface area contributed by atoms with Crippen molar-refractivity contribution in [3.05, 3.63) is 108 Å². The Morgan fingerprint density at radius 3 is 1.97 bits per heavy atom. The van der Waals surface area contributed by atoms with E-state index in [1.807, 2.05) is 23.5 Å². The number of hydrogen-bond donors (Lipinski definition) is 0. The van der Waals surface area contributed by atoms with Crippen molar-refractivity contribution >= 4 is 47.3 Å². The SMILES string of the molecule is C1=[N+](c2ccccc2)C23Sc4cc(ccc41)-c1cccc(c1S2)C=[N+]3c1ccccc1. The van der Waals surface area contributed by atoms with Gasteiger partial charge in [-0.05, 0) is 29.3 Å². The van der Waals surface area contributed by atoms with E-state index in [0.717, 1.165) is 0 Å². The molecule has 3 aliphatic heterocycles. The van der Waals surface area contributed by atoms with Crippen molar-refractivity contribution in [3.8, 4) is 11.1 Å². The van der Waals surface area contributed by atoms with Gasteiger partial charge in [0.2, 0.25) is 11.4 Å². The van der Waals surface area contributed by atoms with Crippen LogP contribution in [-0.4, -0.2) is 25.9 Å². The molecule has 4 aromatic rings. The zero-order valence-corrected chi connectivity index (χ0v) is 18.2. The molecule has 0 aliphatic carbocycles. The summed E-state index contributed by atoms with van der Waals surface area (Å²) in [4.78, 5) is 2.67. The molecular weight excluding hydrogens is 416 g/mol. The van der Waals surface area contributed by atoms with E-state index in [-0.39, 0.29) is 0 Å². The van der Waals surface area contributed by atoms with Crippen LogP contribution in [0, 0.1) is 0 Å². The van der Waals surface area contributed by atoms with E-state index in [4.69, 9.17) is 0 Å². The minimum atomic E-state index is -0.391. The molecule has 1 atom stereocenters. The van der Waals surface area contributed by atoms with Crippen molar-refractivity contribution in [2.24, 2.45) is 0 Å². The predicted octanol–water partition coefficient (Wildman–Crippen LogP) is 6.72. The summed E-state index contributed by atoms with van der Waals surface area (Å²) >= 11 is 3.89. The second-order valence-electron chi connectivity index (χ2n) is 7.90. The van der Waals surface area contributed by atoms with Crippen LogP contribution in [0.1, 0.15) is 11.1 Å². The van der Waals surface area contributed by atoms with Gasteiger partial charge in [0.15, 0.2) is 12.4 Å². The number of thioether (sulfide) groups is 2. The minimum Gasteiger partial charge on any atom is -0.114 e. The first kappa shape index (κ1) is 17.6. The smallest absolute Gasteiger partial charge is 0.114 e. The standard InChI is InChI=1S/C27H18N2S2/c1-3-9-22(10-4-1)28-17-20-15-14-19-16-25(20)30-27(28)29(23-11-5-2-6-12-23)18-21-8-7-13-24(19)26(21)31-27/h1-18H/q+2. The second-order valence-corrected chi connectivity index (χ2v) is 10.6. The predicted molar refractivity (Wildman–Crippen MR) is 129 cm³/mol. The van der Waals surface area contributed by atoms with Gasteiger partial charge >= 0.3 is 4.33 Å². The Labute approximate surface area is 189 Å². The van der Waals surface area contributed by atoms with Crippen LogP contribution in [-0.2, 0) is 0 Å². The van der Waals surface area contributed by atoms with E-state index in [1.54, 1.807) is 0 Å². The van der Waals surface area contributed by atoms with Gasteiger partial charge in [0.25, 0.3) is 0 Å². The molecule has 4 aromatic carbocycles. The molecule has 7 rings (SSSR count). The van der Waals surface area contributed by atoms with Crippen LogP contribution >= 0.6 is 23.5 Å². The van der Waals surface area contributed by atoms with Crippen molar-refractivity contribution in [2.75, 3.05) is 0 Å². The Morgan fingerprint density at radius 1 is 0.581 bits per heavy atom. The number of hydrogen-bond acceptors (Lipinski definition) is 2. The number of nitrogens with zero attached hydrogens (tertiary/aromatic N) is 2. The molecule has 0 fully saturated rings. The number of para-hydroxylation sites is 2.